The summed E-state index contributed by atoms with van der Waals surface area (Å²) >= 11 is 0. The summed E-state index contributed by atoms with van der Waals surface area (Å²) in [6, 6.07) is 4.03. The number of aromatic nitrogens is 3. The molecule has 2 aromatic heterocycles. The van der Waals surface area contributed by atoms with Gasteiger partial charge in [-0.25, -0.2) is 14.3 Å². The second-order valence-electron chi connectivity index (χ2n) is 7.01. The highest BCUT2D eigenvalue weighted by molar-refractivity contribution is 5.73. The van der Waals surface area contributed by atoms with Gasteiger partial charge in [-0.15, -0.1) is 0 Å². The number of ether oxygens (including phenoxy) is 1. The van der Waals surface area contributed by atoms with Crippen molar-refractivity contribution in [2.24, 2.45) is 0 Å². The molecule has 3 rings (SSSR count). The van der Waals surface area contributed by atoms with Crippen LogP contribution in [0.15, 0.2) is 24.5 Å². The Morgan fingerprint density at radius 2 is 2.21 bits per heavy atom. The molecule has 0 saturated heterocycles. The lowest BCUT2D eigenvalue weighted by Gasteiger charge is -2.25. The van der Waals surface area contributed by atoms with Crippen molar-refractivity contribution in [1.82, 2.24) is 19.9 Å². The molecule has 2 aromatic rings. The molecule has 3 N–H and O–H groups in total. The number of nitrogens with zero attached hydrogens (tertiary/aromatic N) is 3. The minimum absolute atomic E-state index is 0.0921. The van der Waals surface area contributed by atoms with E-state index >= 15 is 0 Å². The lowest BCUT2D eigenvalue weighted by atomic mass is 9.93. The van der Waals surface area contributed by atoms with Crippen LogP contribution in [-0.2, 0) is 4.74 Å². The summed E-state index contributed by atoms with van der Waals surface area (Å²) in [5.41, 5.74) is 8.43. The molecule has 24 heavy (non-hydrogen) atoms. The van der Waals surface area contributed by atoms with Crippen molar-refractivity contribution in [2.45, 2.75) is 51.7 Å². The summed E-state index contributed by atoms with van der Waals surface area (Å²) in [7, 11) is 0. The number of hydrogen-bond donors (Lipinski definition) is 2. The Morgan fingerprint density at radius 3 is 2.88 bits per heavy atom. The van der Waals surface area contributed by atoms with E-state index in [4.69, 9.17) is 10.5 Å². The van der Waals surface area contributed by atoms with Crippen LogP contribution in [-0.4, -0.2) is 32.3 Å². The Labute approximate surface area is 140 Å². The zero-order valence-electron chi connectivity index (χ0n) is 14.2. The molecule has 1 aliphatic rings. The van der Waals surface area contributed by atoms with Crippen LogP contribution in [0, 0.1) is 0 Å². The van der Waals surface area contributed by atoms with Crippen LogP contribution in [0.1, 0.15) is 45.7 Å². The molecule has 0 radical (unpaired) electrons. The first kappa shape index (κ1) is 16.3. The summed E-state index contributed by atoms with van der Waals surface area (Å²) in [4.78, 5) is 15.9. The third-order valence-electron chi connectivity index (χ3n) is 3.94. The average Bonchev–Trinajstić information content (AvgIpc) is 2.91. The summed E-state index contributed by atoms with van der Waals surface area (Å²) in [6.45, 7) is 5.57. The quantitative estimate of drug-likeness (QED) is 0.883. The number of amides is 1. The topological polar surface area (TPSA) is 94.5 Å². The molecule has 1 unspecified atom stereocenters. The van der Waals surface area contributed by atoms with E-state index in [9.17, 15) is 4.79 Å². The van der Waals surface area contributed by atoms with Crippen LogP contribution in [0.25, 0.3) is 11.1 Å². The van der Waals surface area contributed by atoms with Crippen LogP contribution >= 0.6 is 0 Å². The van der Waals surface area contributed by atoms with E-state index in [-0.39, 0.29) is 12.1 Å². The predicted molar refractivity (Wildman–Crippen MR) is 92.4 cm³/mol. The molecule has 2 heterocycles. The fourth-order valence-corrected chi connectivity index (χ4v) is 2.87. The summed E-state index contributed by atoms with van der Waals surface area (Å²) in [5, 5.41) is 7.21. The molecule has 0 saturated carbocycles. The molecule has 0 aliphatic heterocycles. The predicted octanol–water partition coefficient (Wildman–Crippen LogP) is 2.77. The van der Waals surface area contributed by atoms with Crippen LogP contribution in [0.5, 0.6) is 0 Å². The number of allylic oxidation sites excluding steroid dienone is 1. The average molecular weight is 329 g/mol. The highest BCUT2D eigenvalue weighted by Gasteiger charge is 2.22. The van der Waals surface area contributed by atoms with Gasteiger partial charge >= 0.3 is 6.09 Å². The van der Waals surface area contributed by atoms with E-state index in [0.717, 1.165) is 30.5 Å². The highest BCUT2D eigenvalue weighted by atomic mass is 16.6. The van der Waals surface area contributed by atoms with E-state index < -0.39 is 5.60 Å². The Balaban J connectivity index is 1.69. The Kier molecular flexibility index (Phi) is 4.17. The van der Waals surface area contributed by atoms with Gasteiger partial charge in [-0.3, -0.25) is 0 Å². The lowest BCUT2D eigenvalue weighted by molar-refractivity contribution is 0.0502. The van der Waals surface area contributed by atoms with E-state index in [1.807, 2.05) is 37.4 Å². The van der Waals surface area contributed by atoms with Gasteiger partial charge in [0, 0.05) is 6.04 Å². The molecule has 7 nitrogen and oxygen atoms in total. The van der Waals surface area contributed by atoms with Crippen LogP contribution in [0.4, 0.5) is 10.6 Å². The molecule has 1 atom stereocenters. The number of fused-ring (bicyclic) bond motifs is 1. The molecule has 0 aromatic carbocycles. The summed E-state index contributed by atoms with van der Waals surface area (Å²) in [6.07, 6.45) is 5.73. The van der Waals surface area contributed by atoms with Gasteiger partial charge in [0.25, 0.3) is 0 Å². The normalized spacial score (nSPS) is 18.3. The van der Waals surface area contributed by atoms with Crippen molar-refractivity contribution >= 4 is 23.0 Å². The van der Waals surface area contributed by atoms with Gasteiger partial charge in [-0.1, -0.05) is 6.08 Å². The van der Waals surface area contributed by atoms with Crippen LogP contribution in [0.3, 0.4) is 0 Å². The molecule has 1 aliphatic carbocycles. The summed E-state index contributed by atoms with van der Waals surface area (Å²) < 4.78 is 7.12. The van der Waals surface area contributed by atoms with Crippen molar-refractivity contribution < 1.29 is 9.53 Å². The molecule has 128 valence electrons. The Hall–Kier alpha value is -2.57. The van der Waals surface area contributed by atoms with Gasteiger partial charge in [0.2, 0.25) is 0 Å². The maximum Gasteiger partial charge on any atom is 0.407 e. The SMILES string of the molecule is CC(C)(C)OC(=O)NC1CC=C(c2ccc3c(N)ncnn23)CC1. The first-order valence-corrected chi connectivity index (χ1v) is 8.10. The van der Waals surface area contributed by atoms with Gasteiger partial charge < -0.3 is 15.8 Å². The number of alkyl carbamates (subject to hydrolysis) is 1. The first-order chi connectivity index (χ1) is 11.3. The lowest BCUT2D eigenvalue weighted by Crippen LogP contribution is -2.39. The zero-order valence-corrected chi connectivity index (χ0v) is 14.2. The van der Waals surface area contributed by atoms with Gasteiger partial charge in [0.15, 0.2) is 5.82 Å². The number of hydrogen-bond acceptors (Lipinski definition) is 5. The minimum atomic E-state index is -0.482. The van der Waals surface area contributed by atoms with Crippen molar-refractivity contribution in [1.29, 1.82) is 0 Å². The minimum Gasteiger partial charge on any atom is -0.444 e. The maximum atomic E-state index is 11.9. The number of rotatable bonds is 2. The monoisotopic (exact) mass is 329 g/mol. The van der Waals surface area contributed by atoms with E-state index in [1.165, 1.54) is 11.9 Å². The van der Waals surface area contributed by atoms with Gasteiger partial charge in [-0.2, -0.15) is 5.10 Å². The van der Waals surface area contributed by atoms with E-state index in [1.54, 1.807) is 0 Å². The van der Waals surface area contributed by atoms with Crippen LogP contribution < -0.4 is 11.1 Å². The number of carbonyl (C=O) groups is 1. The standard InChI is InChI=1S/C17H23N5O2/c1-17(2,3)24-16(23)21-12-6-4-11(5-7-12)13-8-9-14-15(18)19-10-20-22(13)14/h4,8-10,12H,5-7H2,1-3H3,(H,21,23)(H2,18,19,20). The second kappa shape index (κ2) is 6.14. The number of nitrogens with two attached hydrogens (primary N) is 1. The molecular formula is C17H23N5O2. The molecule has 0 fully saturated rings. The third kappa shape index (κ3) is 3.50. The number of nitrogens with one attached hydrogen (secondary N) is 1. The van der Waals surface area contributed by atoms with Gasteiger partial charge in [0.05, 0.1) is 5.69 Å². The molecule has 0 spiro atoms. The number of nitrogen functional groups attached to an aromatic ring is 1. The number of carbonyl (C=O) groups excluding carboxylic acids is 1. The largest absolute Gasteiger partial charge is 0.444 e. The van der Waals surface area contributed by atoms with Crippen molar-refractivity contribution in [3.8, 4) is 0 Å². The van der Waals surface area contributed by atoms with Crippen molar-refractivity contribution in [2.75, 3.05) is 5.73 Å². The smallest absolute Gasteiger partial charge is 0.407 e. The van der Waals surface area contributed by atoms with Crippen molar-refractivity contribution in [3.63, 3.8) is 0 Å². The second-order valence-corrected chi connectivity index (χ2v) is 7.01. The Bertz CT molecular complexity index is 788. The van der Waals surface area contributed by atoms with E-state index in [0.29, 0.717) is 5.82 Å². The fraction of sp³-hybridized carbons (Fsp3) is 0.471. The fourth-order valence-electron chi connectivity index (χ4n) is 2.87. The molecule has 0 bridgehead atoms. The first-order valence-electron chi connectivity index (χ1n) is 8.10. The Morgan fingerprint density at radius 1 is 1.42 bits per heavy atom. The maximum absolute atomic E-state index is 11.9. The van der Waals surface area contributed by atoms with Crippen molar-refractivity contribution in [3.05, 3.63) is 30.2 Å². The summed E-state index contributed by atoms with van der Waals surface area (Å²) in [5.74, 6) is 0.470. The molecular weight excluding hydrogens is 306 g/mol. The molecule has 7 heteroatoms. The molecule has 1 amide bonds. The van der Waals surface area contributed by atoms with E-state index in [2.05, 4.69) is 21.5 Å². The van der Waals surface area contributed by atoms with Gasteiger partial charge in [-0.05, 0) is 57.7 Å². The number of anilines is 1. The third-order valence-corrected chi connectivity index (χ3v) is 3.94. The zero-order chi connectivity index (χ0) is 17.3. The van der Waals surface area contributed by atoms with Gasteiger partial charge in [0.1, 0.15) is 17.4 Å². The van der Waals surface area contributed by atoms with Crippen LogP contribution in [0.2, 0.25) is 0 Å². The highest BCUT2D eigenvalue weighted by Crippen LogP contribution is 2.28.